The Kier molecular flexibility index (Phi) is 3.60. The minimum Gasteiger partial charge on any atom is -0.491 e. The topological polar surface area (TPSA) is 48.1 Å². The maximum Gasteiger partial charge on any atom is 0.145 e. The van der Waals surface area contributed by atoms with E-state index in [9.17, 15) is 0 Å². The molecule has 0 aliphatic heterocycles. The first-order valence-corrected chi connectivity index (χ1v) is 7.50. The first-order valence-electron chi connectivity index (χ1n) is 6.70. The molecule has 100 valence electrons. The van der Waals surface area contributed by atoms with E-state index in [-0.39, 0.29) is 0 Å². The van der Waals surface area contributed by atoms with Crippen molar-refractivity contribution in [3.05, 3.63) is 28.9 Å². The number of pyridine rings is 1. The van der Waals surface area contributed by atoms with Gasteiger partial charge in [-0.05, 0) is 46.5 Å². The van der Waals surface area contributed by atoms with E-state index in [1.165, 1.54) is 19.3 Å². The first kappa shape index (κ1) is 12.7. The Bertz CT molecular complexity index is 596. The Morgan fingerprint density at radius 1 is 1.37 bits per heavy atom. The molecule has 0 radical (unpaired) electrons. The fourth-order valence-corrected chi connectivity index (χ4v) is 2.75. The number of benzene rings is 1. The average molecular weight is 321 g/mol. The normalized spacial score (nSPS) is 15.4. The molecule has 0 amide bonds. The number of aromatic nitrogens is 1. The summed E-state index contributed by atoms with van der Waals surface area (Å²) in [6, 6.07) is 5.78. The highest BCUT2D eigenvalue weighted by molar-refractivity contribution is 9.10. The molecular formula is C15H17BrN2O. The van der Waals surface area contributed by atoms with E-state index in [4.69, 9.17) is 10.5 Å². The molecule has 4 heteroatoms. The molecule has 1 fully saturated rings. The van der Waals surface area contributed by atoms with Gasteiger partial charge in [0.25, 0.3) is 0 Å². The third kappa shape index (κ3) is 2.68. The van der Waals surface area contributed by atoms with Gasteiger partial charge in [0.15, 0.2) is 0 Å². The molecule has 1 aliphatic carbocycles. The van der Waals surface area contributed by atoms with Crippen LogP contribution in [0.25, 0.3) is 10.9 Å². The van der Waals surface area contributed by atoms with Crippen LogP contribution in [0.2, 0.25) is 0 Å². The second kappa shape index (κ2) is 5.37. The van der Waals surface area contributed by atoms with Crippen LogP contribution in [0.5, 0.6) is 5.75 Å². The summed E-state index contributed by atoms with van der Waals surface area (Å²) in [5.74, 6) is 1.69. The predicted molar refractivity (Wildman–Crippen MR) is 81.3 cm³/mol. The summed E-state index contributed by atoms with van der Waals surface area (Å²) in [7, 11) is 0. The highest BCUT2D eigenvalue weighted by atomic mass is 79.9. The van der Waals surface area contributed by atoms with Crippen LogP contribution < -0.4 is 10.5 Å². The number of halogens is 1. The summed E-state index contributed by atoms with van der Waals surface area (Å²) in [6.45, 7) is 0.765. The van der Waals surface area contributed by atoms with Gasteiger partial charge in [0.2, 0.25) is 0 Å². The van der Waals surface area contributed by atoms with E-state index < -0.39 is 0 Å². The van der Waals surface area contributed by atoms with Crippen molar-refractivity contribution < 1.29 is 4.74 Å². The maximum atomic E-state index is 5.99. The lowest BCUT2D eigenvalue weighted by atomic mass is 9.83. The number of nitrogen functional groups attached to an aromatic ring is 1. The summed E-state index contributed by atoms with van der Waals surface area (Å²) >= 11 is 3.42. The zero-order valence-corrected chi connectivity index (χ0v) is 12.3. The van der Waals surface area contributed by atoms with Gasteiger partial charge in [-0.1, -0.05) is 19.3 Å². The Morgan fingerprint density at radius 2 is 2.21 bits per heavy atom. The van der Waals surface area contributed by atoms with Crippen molar-refractivity contribution in [3.8, 4) is 5.75 Å². The molecule has 2 N–H and O–H groups in total. The number of fused-ring (bicyclic) bond motifs is 1. The van der Waals surface area contributed by atoms with Crippen molar-refractivity contribution in [1.82, 2.24) is 4.98 Å². The van der Waals surface area contributed by atoms with Crippen LogP contribution in [0.1, 0.15) is 25.7 Å². The number of rotatable bonds is 4. The van der Waals surface area contributed by atoms with Crippen LogP contribution in [0.3, 0.4) is 0 Å². The van der Waals surface area contributed by atoms with Crippen molar-refractivity contribution in [2.75, 3.05) is 12.3 Å². The molecule has 1 aliphatic rings. The van der Waals surface area contributed by atoms with Crippen molar-refractivity contribution in [2.45, 2.75) is 25.7 Å². The first-order chi connectivity index (χ1) is 9.24. The molecule has 0 spiro atoms. The molecule has 1 aromatic carbocycles. The van der Waals surface area contributed by atoms with Crippen LogP contribution >= 0.6 is 15.9 Å². The Balaban J connectivity index is 1.80. The highest BCUT2D eigenvalue weighted by Gasteiger charge is 2.17. The van der Waals surface area contributed by atoms with E-state index in [1.54, 1.807) is 6.20 Å². The molecule has 3 nitrogen and oxygen atoms in total. The zero-order chi connectivity index (χ0) is 13.2. The van der Waals surface area contributed by atoms with Gasteiger partial charge < -0.3 is 10.5 Å². The van der Waals surface area contributed by atoms with Gasteiger partial charge in [-0.25, -0.2) is 0 Å². The minimum atomic E-state index is 0.732. The average Bonchev–Trinajstić information content (AvgIpc) is 2.35. The molecule has 3 rings (SSSR count). The zero-order valence-electron chi connectivity index (χ0n) is 10.7. The lowest BCUT2D eigenvalue weighted by molar-refractivity contribution is 0.223. The van der Waals surface area contributed by atoms with Crippen LogP contribution in [0.4, 0.5) is 5.69 Å². The lowest BCUT2D eigenvalue weighted by Gasteiger charge is -2.25. The number of hydrogen-bond donors (Lipinski definition) is 1. The van der Waals surface area contributed by atoms with Crippen LogP contribution in [-0.4, -0.2) is 11.6 Å². The fourth-order valence-electron chi connectivity index (χ4n) is 2.42. The molecule has 1 aromatic heterocycles. The molecule has 1 saturated carbocycles. The molecule has 0 saturated heterocycles. The van der Waals surface area contributed by atoms with Gasteiger partial charge in [-0.3, -0.25) is 4.98 Å². The van der Waals surface area contributed by atoms with E-state index >= 15 is 0 Å². The smallest absolute Gasteiger partial charge is 0.145 e. The summed E-state index contributed by atoms with van der Waals surface area (Å²) in [6.07, 6.45) is 7.02. The predicted octanol–water partition coefficient (Wildman–Crippen LogP) is 4.15. The van der Waals surface area contributed by atoms with E-state index in [0.29, 0.717) is 0 Å². The lowest BCUT2D eigenvalue weighted by Crippen LogP contribution is -2.14. The second-order valence-electron chi connectivity index (χ2n) is 5.14. The van der Waals surface area contributed by atoms with Gasteiger partial charge in [-0.15, -0.1) is 0 Å². The highest BCUT2D eigenvalue weighted by Crippen LogP contribution is 2.32. The molecular weight excluding hydrogens is 304 g/mol. The Labute approximate surface area is 121 Å². The number of hydrogen-bond acceptors (Lipinski definition) is 3. The van der Waals surface area contributed by atoms with Gasteiger partial charge in [0, 0.05) is 21.7 Å². The molecule has 19 heavy (non-hydrogen) atoms. The number of ether oxygens (including phenoxy) is 1. The van der Waals surface area contributed by atoms with E-state index in [0.717, 1.165) is 45.8 Å². The summed E-state index contributed by atoms with van der Waals surface area (Å²) in [5.41, 5.74) is 7.56. The number of nitrogens with two attached hydrogens (primary N) is 1. The molecule has 0 bridgehead atoms. The standard InChI is InChI=1S/C15H17BrN2O/c16-11-8-12-13(17)4-5-14(15(12)18-9-11)19-7-6-10-2-1-3-10/h4-5,8-10H,1-3,6-7,17H2. The van der Waals surface area contributed by atoms with Crippen LogP contribution in [0, 0.1) is 5.92 Å². The van der Waals surface area contributed by atoms with Crippen molar-refractivity contribution in [1.29, 1.82) is 0 Å². The van der Waals surface area contributed by atoms with Gasteiger partial charge in [0.1, 0.15) is 11.3 Å². The van der Waals surface area contributed by atoms with E-state index in [2.05, 4.69) is 20.9 Å². The minimum absolute atomic E-state index is 0.732. The Morgan fingerprint density at radius 3 is 2.95 bits per heavy atom. The summed E-state index contributed by atoms with van der Waals surface area (Å²) in [5, 5.41) is 0.940. The molecule has 1 heterocycles. The van der Waals surface area contributed by atoms with Crippen LogP contribution in [-0.2, 0) is 0 Å². The van der Waals surface area contributed by atoms with Crippen molar-refractivity contribution >= 4 is 32.5 Å². The third-order valence-corrected chi connectivity index (χ3v) is 4.26. The quantitative estimate of drug-likeness (QED) is 0.861. The summed E-state index contributed by atoms with van der Waals surface area (Å²) < 4.78 is 6.82. The third-order valence-electron chi connectivity index (χ3n) is 3.82. The monoisotopic (exact) mass is 320 g/mol. The fraction of sp³-hybridized carbons (Fsp3) is 0.400. The maximum absolute atomic E-state index is 5.99. The van der Waals surface area contributed by atoms with Crippen LogP contribution in [0.15, 0.2) is 28.9 Å². The van der Waals surface area contributed by atoms with Crippen molar-refractivity contribution in [2.24, 2.45) is 5.92 Å². The Hall–Kier alpha value is -1.29. The number of anilines is 1. The summed E-state index contributed by atoms with van der Waals surface area (Å²) in [4.78, 5) is 4.42. The number of nitrogens with zero attached hydrogens (tertiary/aromatic N) is 1. The molecule has 0 unspecified atom stereocenters. The van der Waals surface area contributed by atoms with Gasteiger partial charge in [-0.2, -0.15) is 0 Å². The van der Waals surface area contributed by atoms with E-state index in [1.807, 2.05) is 18.2 Å². The SMILES string of the molecule is Nc1ccc(OCCC2CCC2)c2ncc(Br)cc12. The van der Waals surface area contributed by atoms with Gasteiger partial charge >= 0.3 is 0 Å². The second-order valence-corrected chi connectivity index (χ2v) is 6.05. The molecule has 2 aromatic rings. The largest absolute Gasteiger partial charge is 0.491 e. The molecule has 0 atom stereocenters. The van der Waals surface area contributed by atoms with Crippen molar-refractivity contribution in [3.63, 3.8) is 0 Å². The van der Waals surface area contributed by atoms with Gasteiger partial charge in [0.05, 0.1) is 6.61 Å².